The van der Waals surface area contributed by atoms with E-state index in [0.717, 1.165) is 15.7 Å². The average Bonchev–Trinajstić information content (AvgIpc) is 3.34. The number of nitrogens with zero attached hydrogens (tertiary/aromatic N) is 3. The van der Waals surface area contributed by atoms with Crippen molar-refractivity contribution in [3.05, 3.63) is 22.7 Å². The molecule has 0 aliphatic carbocycles. The number of aromatic nitrogens is 2. The summed E-state index contributed by atoms with van der Waals surface area (Å²) in [7, 11) is -10.6. The predicted octanol–water partition coefficient (Wildman–Crippen LogP) is -2.30. The summed E-state index contributed by atoms with van der Waals surface area (Å²) in [4.78, 5) is 57.7. The molecule has 2 unspecified atom stereocenters. The average molecular weight is 514 g/mol. The van der Waals surface area contributed by atoms with Crippen LogP contribution in [0.15, 0.2) is 17.1 Å². The minimum absolute atomic E-state index is 0.0920. The third-order valence-electron chi connectivity index (χ3n) is 5.03. The van der Waals surface area contributed by atoms with Crippen molar-refractivity contribution in [1.29, 1.82) is 0 Å². The number of aliphatic hydroxyl groups excluding tert-OH is 2. The zero-order chi connectivity index (χ0) is 24.6. The predicted molar refractivity (Wildman–Crippen MR) is 107 cm³/mol. The van der Waals surface area contributed by atoms with E-state index in [4.69, 9.17) is 10.5 Å². The van der Waals surface area contributed by atoms with Gasteiger partial charge in [-0.15, -0.1) is 0 Å². The van der Waals surface area contributed by atoms with Gasteiger partial charge in [0.15, 0.2) is 6.23 Å². The van der Waals surface area contributed by atoms with Crippen LogP contribution in [0.25, 0.3) is 0 Å². The van der Waals surface area contributed by atoms with Gasteiger partial charge in [-0.3, -0.25) is 23.0 Å². The van der Waals surface area contributed by atoms with Crippen molar-refractivity contribution >= 4 is 27.1 Å². The van der Waals surface area contributed by atoms with Crippen LogP contribution >= 0.6 is 15.4 Å². The fraction of sp³-hybridized carbons (Fsp3) is 0.667. The molecule has 0 spiro atoms. The molecule has 2 aliphatic heterocycles. The molecule has 3 heterocycles. The monoisotopic (exact) mass is 514 g/mol. The second kappa shape index (κ2) is 9.88. The van der Waals surface area contributed by atoms with Gasteiger partial charge >= 0.3 is 21.1 Å². The minimum atomic E-state index is -5.31. The van der Waals surface area contributed by atoms with E-state index in [0.29, 0.717) is 12.8 Å². The van der Waals surface area contributed by atoms with Gasteiger partial charge < -0.3 is 40.3 Å². The van der Waals surface area contributed by atoms with Crippen molar-refractivity contribution < 1.29 is 52.6 Å². The number of ether oxygens (including phenoxy) is 1. The zero-order valence-electron chi connectivity index (χ0n) is 17.0. The summed E-state index contributed by atoms with van der Waals surface area (Å²) in [6, 6.07) is 1.24. The second-order valence-corrected chi connectivity index (χ2v) is 10.5. The Morgan fingerprint density at radius 2 is 1.88 bits per heavy atom. The number of carbonyl (C=O) groups excluding carboxylic acids is 1. The Morgan fingerprint density at radius 1 is 1.24 bits per heavy atom. The molecule has 2 fully saturated rings. The van der Waals surface area contributed by atoms with Gasteiger partial charge in [0.1, 0.15) is 24.1 Å². The van der Waals surface area contributed by atoms with Crippen molar-refractivity contribution in [2.75, 3.05) is 25.4 Å². The number of likely N-dealkylation sites (tertiary alicyclic amines) is 1. The number of anilines is 1. The molecule has 186 valence electrons. The summed E-state index contributed by atoms with van der Waals surface area (Å²) >= 11 is 0. The van der Waals surface area contributed by atoms with Crippen LogP contribution in [0.3, 0.4) is 0 Å². The number of phosphoric acid groups is 1. The number of nitrogens with two attached hydrogens (primary N) is 1. The molecule has 18 heteroatoms. The van der Waals surface area contributed by atoms with E-state index in [1.165, 1.54) is 6.07 Å². The lowest BCUT2D eigenvalue weighted by molar-refractivity contribution is -0.135. The van der Waals surface area contributed by atoms with Crippen LogP contribution in [-0.4, -0.2) is 89.1 Å². The van der Waals surface area contributed by atoms with Crippen LogP contribution in [-0.2, 0) is 27.7 Å². The molecule has 0 saturated carbocycles. The quantitative estimate of drug-likeness (QED) is 0.200. The number of carbonyl (C=O) groups is 1. The summed E-state index contributed by atoms with van der Waals surface area (Å²) < 4.78 is 39.3. The Kier molecular flexibility index (Phi) is 7.75. The normalized spacial score (nSPS) is 28.6. The van der Waals surface area contributed by atoms with E-state index in [2.05, 4.69) is 14.0 Å². The van der Waals surface area contributed by atoms with Crippen LogP contribution in [0.4, 0.5) is 5.82 Å². The van der Waals surface area contributed by atoms with Gasteiger partial charge in [0.05, 0.1) is 6.61 Å². The molecule has 33 heavy (non-hydrogen) atoms. The molecule has 1 aromatic rings. The number of amides is 1. The maximum Gasteiger partial charge on any atom is 0.473 e. The van der Waals surface area contributed by atoms with Gasteiger partial charge in [-0.1, -0.05) is 0 Å². The topological polar surface area (TPSA) is 244 Å². The number of nitrogen functional groups attached to an aromatic ring is 1. The van der Waals surface area contributed by atoms with Crippen molar-refractivity contribution in [2.24, 2.45) is 0 Å². The molecule has 6 atom stereocenters. The summed E-state index contributed by atoms with van der Waals surface area (Å²) in [5.74, 6) is -3.83. The van der Waals surface area contributed by atoms with Gasteiger partial charge in [0.25, 0.3) is 5.91 Å². The zero-order valence-corrected chi connectivity index (χ0v) is 18.8. The molecule has 2 saturated heterocycles. The first kappa shape index (κ1) is 25.9. The fourth-order valence-corrected chi connectivity index (χ4v) is 5.42. The van der Waals surface area contributed by atoms with Gasteiger partial charge in [0, 0.05) is 19.3 Å². The molecule has 0 radical (unpaired) electrons. The van der Waals surface area contributed by atoms with Crippen LogP contribution in [0, 0.1) is 0 Å². The first-order valence-electron chi connectivity index (χ1n) is 9.66. The second-order valence-electron chi connectivity index (χ2n) is 7.43. The van der Waals surface area contributed by atoms with Crippen molar-refractivity contribution in [2.45, 2.75) is 43.2 Å². The van der Waals surface area contributed by atoms with Crippen molar-refractivity contribution in [1.82, 2.24) is 14.5 Å². The number of phosphoric ester groups is 1. The summed E-state index contributed by atoms with van der Waals surface area (Å²) in [5.41, 5.74) is 4.50. The molecule has 7 N–H and O–H groups in total. The summed E-state index contributed by atoms with van der Waals surface area (Å²) in [5, 5.41) is 20.3. The summed E-state index contributed by atoms with van der Waals surface area (Å²) in [6.45, 7) is -0.489. The molecule has 2 aliphatic rings. The van der Waals surface area contributed by atoms with Crippen LogP contribution < -0.4 is 11.4 Å². The SMILES string of the molecule is Nc1ccn([C@@H]2O[C@H](COP(=O)(O)OC(C(=O)N3CCCC3)P(=O)(O)O)[C@@H](O)[C@H]2O)c(=O)n1. The first-order chi connectivity index (χ1) is 15.3. The van der Waals surface area contributed by atoms with E-state index in [9.17, 15) is 43.6 Å². The third-order valence-corrected chi connectivity index (χ3v) is 7.09. The molecule has 1 amide bonds. The van der Waals surface area contributed by atoms with E-state index in [1.54, 1.807) is 0 Å². The van der Waals surface area contributed by atoms with Gasteiger partial charge in [-0.05, 0) is 18.9 Å². The Balaban J connectivity index is 1.67. The standard InChI is InChI=1S/C15H24N4O12P2/c16-9-3-6-19(15(23)17-9)13-11(21)10(20)8(30-13)7-29-33(27,28)31-14(32(24,25)26)12(22)18-4-1-2-5-18/h3,6,8,10-11,13-14,20-21H,1-2,4-5,7H2,(H,27,28)(H2,16,17,23)(H2,24,25,26)/t8-,10-,11-,13-,14?/m1/s1. The Labute approximate surface area is 186 Å². The highest BCUT2D eigenvalue weighted by atomic mass is 31.2. The Morgan fingerprint density at radius 3 is 2.45 bits per heavy atom. The smallest absolute Gasteiger partial charge is 0.387 e. The van der Waals surface area contributed by atoms with Crippen LogP contribution in [0.5, 0.6) is 0 Å². The van der Waals surface area contributed by atoms with Gasteiger partial charge in [0.2, 0.25) is 5.85 Å². The van der Waals surface area contributed by atoms with E-state index < -0.39 is 64.0 Å². The molecule has 0 bridgehead atoms. The lowest BCUT2D eigenvalue weighted by Crippen LogP contribution is -2.38. The lowest BCUT2D eigenvalue weighted by atomic mass is 10.1. The van der Waals surface area contributed by atoms with Crippen molar-refractivity contribution in [3.8, 4) is 0 Å². The molecule has 3 rings (SSSR count). The molecular weight excluding hydrogens is 490 g/mol. The Hall–Kier alpha value is -1.71. The third kappa shape index (κ3) is 6.05. The first-order valence-corrected chi connectivity index (χ1v) is 12.8. The van der Waals surface area contributed by atoms with E-state index in [-0.39, 0.29) is 18.9 Å². The summed E-state index contributed by atoms with van der Waals surface area (Å²) in [6.07, 6.45) is -3.90. The number of hydrogen-bond donors (Lipinski definition) is 6. The maximum absolute atomic E-state index is 12.4. The van der Waals surface area contributed by atoms with E-state index >= 15 is 0 Å². The highest BCUT2D eigenvalue weighted by molar-refractivity contribution is 7.55. The van der Waals surface area contributed by atoms with E-state index in [1.807, 2.05) is 0 Å². The molecular formula is C15H24N4O12P2. The maximum atomic E-state index is 12.4. The van der Waals surface area contributed by atoms with Crippen LogP contribution in [0.2, 0.25) is 0 Å². The van der Waals surface area contributed by atoms with Crippen LogP contribution in [0.1, 0.15) is 19.1 Å². The van der Waals surface area contributed by atoms with Gasteiger partial charge in [-0.2, -0.15) is 4.98 Å². The molecule has 0 aromatic carbocycles. The lowest BCUT2D eigenvalue weighted by Gasteiger charge is -2.25. The molecule has 1 aromatic heterocycles. The highest BCUT2D eigenvalue weighted by Gasteiger charge is 2.48. The minimum Gasteiger partial charge on any atom is -0.387 e. The van der Waals surface area contributed by atoms with Gasteiger partial charge in [-0.25, -0.2) is 9.36 Å². The largest absolute Gasteiger partial charge is 0.473 e. The number of aliphatic hydroxyl groups is 2. The molecule has 16 nitrogen and oxygen atoms in total. The Bertz CT molecular complexity index is 1020. The van der Waals surface area contributed by atoms with Crippen molar-refractivity contribution in [3.63, 3.8) is 0 Å². The fourth-order valence-electron chi connectivity index (χ4n) is 3.38. The number of hydrogen-bond acceptors (Lipinski definition) is 11. The number of rotatable bonds is 8. The highest BCUT2D eigenvalue weighted by Crippen LogP contribution is 2.54.